The number of fused-ring (bicyclic) bond motifs is 1. The summed E-state index contributed by atoms with van der Waals surface area (Å²) in [5.41, 5.74) is 1.60. The van der Waals surface area contributed by atoms with E-state index < -0.39 is 0 Å². The molecule has 0 spiro atoms. The Kier molecular flexibility index (Phi) is 4.78. The summed E-state index contributed by atoms with van der Waals surface area (Å²) in [6.45, 7) is 1.08. The van der Waals surface area contributed by atoms with E-state index in [9.17, 15) is 4.79 Å². The van der Waals surface area contributed by atoms with Gasteiger partial charge in [-0.25, -0.2) is 9.78 Å². The van der Waals surface area contributed by atoms with Gasteiger partial charge in [0.25, 0.3) is 0 Å². The summed E-state index contributed by atoms with van der Waals surface area (Å²) in [7, 11) is 0. The number of imidazole rings is 1. The van der Waals surface area contributed by atoms with Gasteiger partial charge in [-0.3, -0.25) is 4.98 Å². The molecule has 4 rings (SSSR count). The normalized spacial score (nSPS) is 10.7. The van der Waals surface area contributed by atoms with Crippen LogP contribution in [-0.4, -0.2) is 27.1 Å². The Morgan fingerprint density at radius 3 is 2.67 bits per heavy atom. The Bertz CT molecular complexity index is 1050. The largest absolute Gasteiger partial charge is 0.336 e. The van der Waals surface area contributed by atoms with E-state index in [4.69, 9.17) is 0 Å². The van der Waals surface area contributed by atoms with E-state index in [1.807, 2.05) is 71.4 Å². The fraction of sp³-hybridized carbons (Fsp3) is 0.0952. The number of nitrogens with zero attached hydrogens (tertiary/aromatic N) is 3. The molecular formula is C21H19N5O. The number of hydrogen-bond acceptors (Lipinski definition) is 3. The molecule has 2 N–H and O–H groups in total. The number of rotatable bonds is 5. The van der Waals surface area contributed by atoms with Gasteiger partial charge in [0, 0.05) is 37.1 Å². The van der Waals surface area contributed by atoms with Gasteiger partial charge in [-0.2, -0.15) is 0 Å². The predicted octanol–water partition coefficient (Wildman–Crippen LogP) is 3.92. The van der Waals surface area contributed by atoms with Crippen LogP contribution in [-0.2, 0) is 6.54 Å². The van der Waals surface area contributed by atoms with Gasteiger partial charge in [0.15, 0.2) is 5.82 Å². The summed E-state index contributed by atoms with van der Waals surface area (Å²) in [5, 5.41) is 7.93. The second-order valence-electron chi connectivity index (χ2n) is 6.07. The van der Waals surface area contributed by atoms with Crippen molar-refractivity contribution in [3.05, 3.63) is 79.3 Å². The fourth-order valence-corrected chi connectivity index (χ4v) is 3.01. The zero-order valence-electron chi connectivity index (χ0n) is 14.7. The highest BCUT2D eigenvalue weighted by Gasteiger charge is 2.08. The molecule has 6 nitrogen and oxygen atoms in total. The van der Waals surface area contributed by atoms with Crippen LogP contribution in [0, 0.1) is 0 Å². The van der Waals surface area contributed by atoms with E-state index in [1.165, 1.54) is 0 Å². The second-order valence-corrected chi connectivity index (χ2v) is 6.07. The van der Waals surface area contributed by atoms with Crippen LogP contribution in [0.3, 0.4) is 0 Å². The maximum absolute atomic E-state index is 12.3. The van der Waals surface area contributed by atoms with E-state index in [-0.39, 0.29) is 6.03 Å². The van der Waals surface area contributed by atoms with Crippen molar-refractivity contribution in [3.63, 3.8) is 0 Å². The highest BCUT2D eigenvalue weighted by molar-refractivity contribution is 6.01. The standard InChI is InChI=1S/C21H19N5O/c27-21(25-18-10-5-7-16-6-1-2-8-17(16)18)24-13-15-26-14-12-23-20(26)19-9-3-4-11-22-19/h1-12,14H,13,15H2,(H2,24,25,27). The average molecular weight is 357 g/mol. The van der Waals surface area contributed by atoms with Crippen LogP contribution in [0.5, 0.6) is 0 Å². The van der Waals surface area contributed by atoms with Gasteiger partial charge in [0.05, 0.1) is 5.69 Å². The van der Waals surface area contributed by atoms with Crippen molar-refractivity contribution in [2.75, 3.05) is 11.9 Å². The number of pyridine rings is 1. The summed E-state index contributed by atoms with van der Waals surface area (Å²) in [6, 6.07) is 19.3. The van der Waals surface area contributed by atoms with E-state index in [0.717, 1.165) is 28.0 Å². The van der Waals surface area contributed by atoms with E-state index in [0.29, 0.717) is 13.1 Å². The number of amides is 2. The van der Waals surface area contributed by atoms with E-state index >= 15 is 0 Å². The van der Waals surface area contributed by atoms with Crippen LogP contribution in [0.25, 0.3) is 22.3 Å². The van der Waals surface area contributed by atoms with Crippen molar-refractivity contribution >= 4 is 22.5 Å². The third-order valence-corrected chi connectivity index (χ3v) is 4.29. The minimum atomic E-state index is -0.231. The lowest BCUT2D eigenvalue weighted by Gasteiger charge is -2.11. The molecule has 2 amide bonds. The Morgan fingerprint density at radius 2 is 1.78 bits per heavy atom. The van der Waals surface area contributed by atoms with Gasteiger partial charge >= 0.3 is 6.03 Å². The van der Waals surface area contributed by atoms with Crippen molar-refractivity contribution in [1.82, 2.24) is 19.9 Å². The summed E-state index contributed by atoms with van der Waals surface area (Å²) >= 11 is 0. The third kappa shape index (κ3) is 3.79. The SMILES string of the molecule is O=C(NCCn1ccnc1-c1ccccn1)Nc1cccc2ccccc12. The number of aromatic nitrogens is 3. The Labute approximate surface area is 156 Å². The number of anilines is 1. The smallest absolute Gasteiger partial charge is 0.319 e. The first-order valence-corrected chi connectivity index (χ1v) is 8.76. The number of hydrogen-bond donors (Lipinski definition) is 2. The maximum atomic E-state index is 12.3. The molecule has 0 unspecified atom stereocenters. The molecule has 0 fully saturated rings. The molecule has 4 aromatic rings. The summed E-state index contributed by atoms with van der Waals surface area (Å²) < 4.78 is 1.97. The van der Waals surface area contributed by atoms with Crippen molar-refractivity contribution in [1.29, 1.82) is 0 Å². The maximum Gasteiger partial charge on any atom is 0.319 e. The number of benzene rings is 2. The molecule has 2 aromatic heterocycles. The van der Waals surface area contributed by atoms with Gasteiger partial charge in [0.1, 0.15) is 5.69 Å². The lowest BCUT2D eigenvalue weighted by molar-refractivity contribution is 0.251. The van der Waals surface area contributed by atoms with Crippen LogP contribution < -0.4 is 10.6 Å². The number of carbonyl (C=O) groups excluding carboxylic acids is 1. The Morgan fingerprint density at radius 1 is 0.926 bits per heavy atom. The number of carbonyl (C=O) groups is 1. The monoisotopic (exact) mass is 357 g/mol. The van der Waals surface area contributed by atoms with Gasteiger partial charge in [-0.1, -0.05) is 42.5 Å². The zero-order chi connectivity index (χ0) is 18.5. The van der Waals surface area contributed by atoms with Gasteiger partial charge < -0.3 is 15.2 Å². The predicted molar refractivity (Wildman–Crippen MR) is 106 cm³/mol. The average Bonchev–Trinajstić information content (AvgIpc) is 3.17. The van der Waals surface area contributed by atoms with E-state index in [2.05, 4.69) is 20.6 Å². The molecular weight excluding hydrogens is 338 g/mol. The number of urea groups is 1. The first-order valence-electron chi connectivity index (χ1n) is 8.76. The Balaban J connectivity index is 1.37. The van der Waals surface area contributed by atoms with Crippen LogP contribution in [0.4, 0.5) is 10.5 Å². The van der Waals surface area contributed by atoms with Crippen LogP contribution in [0.15, 0.2) is 79.3 Å². The lowest BCUT2D eigenvalue weighted by atomic mass is 10.1. The quantitative estimate of drug-likeness (QED) is 0.569. The molecule has 0 saturated carbocycles. The molecule has 27 heavy (non-hydrogen) atoms. The fourth-order valence-electron chi connectivity index (χ4n) is 3.01. The third-order valence-electron chi connectivity index (χ3n) is 4.29. The van der Waals surface area contributed by atoms with E-state index in [1.54, 1.807) is 12.4 Å². The van der Waals surface area contributed by atoms with Crippen molar-refractivity contribution in [3.8, 4) is 11.5 Å². The molecule has 0 aliphatic rings. The number of nitrogens with one attached hydrogen (secondary N) is 2. The summed E-state index contributed by atoms with van der Waals surface area (Å²) in [5.74, 6) is 0.784. The van der Waals surface area contributed by atoms with Gasteiger partial charge in [-0.05, 0) is 23.6 Å². The molecule has 0 aliphatic carbocycles. The summed E-state index contributed by atoms with van der Waals surface area (Å²) in [4.78, 5) is 21.0. The van der Waals surface area contributed by atoms with Gasteiger partial charge in [-0.15, -0.1) is 0 Å². The molecule has 134 valence electrons. The molecule has 0 saturated heterocycles. The molecule has 0 bridgehead atoms. The minimum absolute atomic E-state index is 0.231. The molecule has 6 heteroatoms. The first kappa shape index (κ1) is 16.8. The molecule has 0 radical (unpaired) electrons. The molecule has 0 atom stereocenters. The Hall–Kier alpha value is -3.67. The van der Waals surface area contributed by atoms with Crippen LogP contribution in [0.1, 0.15) is 0 Å². The topological polar surface area (TPSA) is 71.8 Å². The molecule has 2 heterocycles. The summed E-state index contributed by atoms with van der Waals surface area (Å²) in [6.07, 6.45) is 5.36. The van der Waals surface area contributed by atoms with Gasteiger partial charge in [0.2, 0.25) is 0 Å². The highest BCUT2D eigenvalue weighted by atomic mass is 16.2. The van der Waals surface area contributed by atoms with Crippen LogP contribution in [0.2, 0.25) is 0 Å². The second kappa shape index (κ2) is 7.70. The van der Waals surface area contributed by atoms with Crippen LogP contribution >= 0.6 is 0 Å². The molecule has 2 aromatic carbocycles. The first-order chi connectivity index (χ1) is 13.3. The zero-order valence-corrected chi connectivity index (χ0v) is 14.7. The lowest BCUT2D eigenvalue weighted by Crippen LogP contribution is -2.31. The minimum Gasteiger partial charge on any atom is -0.336 e. The molecule has 0 aliphatic heterocycles. The highest BCUT2D eigenvalue weighted by Crippen LogP contribution is 2.22. The van der Waals surface area contributed by atoms with Crippen molar-refractivity contribution in [2.24, 2.45) is 0 Å². The van der Waals surface area contributed by atoms with Crippen molar-refractivity contribution in [2.45, 2.75) is 6.54 Å². The van der Waals surface area contributed by atoms with Crippen molar-refractivity contribution < 1.29 is 4.79 Å².